The van der Waals surface area contributed by atoms with Crippen molar-refractivity contribution in [3.63, 3.8) is 0 Å². The molecular formula is C81H138O17P2. The van der Waals surface area contributed by atoms with Crippen molar-refractivity contribution in [2.45, 2.75) is 329 Å². The van der Waals surface area contributed by atoms with E-state index in [4.69, 9.17) is 37.0 Å². The first-order valence-corrected chi connectivity index (χ1v) is 41.8. The lowest BCUT2D eigenvalue weighted by Gasteiger charge is -2.21. The molecule has 0 radical (unpaired) electrons. The highest BCUT2D eigenvalue weighted by Gasteiger charge is 2.30. The van der Waals surface area contributed by atoms with E-state index >= 15 is 0 Å². The number of phosphoric ester groups is 2. The first-order chi connectivity index (χ1) is 48.7. The number of carbonyl (C=O) groups is 4. The second-order valence-corrected chi connectivity index (χ2v) is 28.5. The van der Waals surface area contributed by atoms with E-state index in [0.29, 0.717) is 25.7 Å². The van der Waals surface area contributed by atoms with Crippen LogP contribution in [0.1, 0.15) is 310 Å². The van der Waals surface area contributed by atoms with Crippen molar-refractivity contribution in [1.82, 2.24) is 0 Å². The molecule has 0 saturated heterocycles. The van der Waals surface area contributed by atoms with Gasteiger partial charge in [-0.15, -0.1) is 0 Å². The van der Waals surface area contributed by atoms with Crippen LogP contribution in [-0.4, -0.2) is 96.7 Å². The van der Waals surface area contributed by atoms with Gasteiger partial charge in [0.2, 0.25) is 0 Å². The van der Waals surface area contributed by atoms with Gasteiger partial charge in [-0.3, -0.25) is 37.3 Å². The summed E-state index contributed by atoms with van der Waals surface area (Å²) in [6.45, 7) is 4.56. The Morgan fingerprint density at radius 1 is 0.290 bits per heavy atom. The summed E-state index contributed by atoms with van der Waals surface area (Å²) in [5.41, 5.74) is 0. The summed E-state index contributed by atoms with van der Waals surface area (Å²) in [5.74, 6) is -2.24. The van der Waals surface area contributed by atoms with Crippen LogP contribution in [0.4, 0.5) is 0 Å². The highest BCUT2D eigenvalue weighted by Crippen LogP contribution is 2.45. The number of phosphoric acid groups is 2. The van der Waals surface area contributed by atoms with E-state index in [1.54, 1.807) is 0 Å². The average Bonchev–Trinajstić information content (AvgIpc) is 0.937. The molecule has 100 heavy (non-hydrogen) atoms. The van der Waals surface area contributed by atoms with Crippen molar-refractivity contribution in [3.05, 3.63) is 122 Å². The zero-order valence-electron chi connectivity index (χ0n) is 62.6. The van der Waals surface area contributed by atoms with Crippen molar-refractivity contribution in [3.8, 4) is 0 Å². The van der Waals surface area contributed by atoms with Gasteiger partial charge in [-0.25, -0.2) is 9.13 Å². The zero-order valence-corrected chi connectivity index (χ0v) is 64.4. The fraction of sp³-hybridized carbons (Fsp3) is 0.704. The molecule has 0 fully saturated rings. The molecule has 0 saturated carbocycles. The normalized spacial score (nSPS) is 14.6. The topological polar surface area (TPSA) is 237 Å². The average molecular weight is 1450 g/mol. The standard InChI is InChI=1S/C81H138O17P2/c1-5-9-13-17-21-25-29-32-34-36-37-39-41-44-47-50-54-58-62-66-79(84)92-72-77(98-81(86)68-64-60-56-52-48-42-31-27-23-19-15-11-7-3)74-96-100(89,90)94-70-75(82)69-93-99(87,88)95-73-76(97-80(85)67-63-59-55-51-45-28-24-20-16-12-8-4)71-91-78(83)65-61-57-53-49-46-43-40-38-35-33-30-26-22-18-14-10-6-2/h10,14-15,19-22,24-27,31-35,37,39-40,43,75-77,82H,5-9,11-13,16-18,23,28-30,36,38,41-42,44-74H2,1-4H3,(H,87,88)(H,89,90)/b14-10-,19-15-,24-20-,25-21-,26-22-,31-27-,34-32-,35-33-,39-37-,43-40-. The smallest absolute Gasteiger partial charge is 0.462 e. The minimum absolute atomic E-state index is 0.0734. The highest BCUT2D eigenvalue weighted by atomic mass is 31.2. The lowest BCUT2D eigenvalue weighted by Crippen LogP contribution is -2.30. The van der Waals surface area contributed by atoms with Gasteiger partial charge < -0.3 is 33.8 Å². The fourth-order valence-corrected chi connectivity index (χ4v) is 11.5. The van der Waals surface area contributed by atoms with Crippen LogP contribution >= 0.6 is 15.6 Å². The van der Waals surface area contributed by atoms with Crippen LogP contribution in [0.3, 0.4) is 0 Å². The largest absolute Gasteiger partial charge is 0.472 e. The minimum atomic E-state index is -4.98. The van der Waals surface area contributed by atoms with Crippen molar-refractivity contribution in [2.75, 3.05) is 39.6 Å². The number of unbranched alkanes of at least 4 members (excludes halogenated alkanes) is 26. The van der Waals surface area contributed by atoms with Crippen LogP contribution in [-0.2, 0) is 65.4 Å². The van der Waals surface area contributed by atoms with Gasteiger partial charge in [0.15, 0.2) is 12.2 Å². The van der Waals surface area contributed by atoms with Gasteiger partial charge >= 0.3 is 39.5 Å². The zero-order chi connectivity index (χ0) is 73.2. The quantitative estimate of drug-likeness (QED) is 0.0169. The number of carbonyl (C=O) groups excluding carboxylic acids is 4. The SMILES string of the molecule is CC/C=C\C/C=C\C/C=C\C/C=C\CCCCCCC(=O)OCC(COP(=O)(O)OCC(O)COP(=O)(O)OCC(COC(=O)CCCCCCCC/C=C\C/C=C\C/C=C\CCCCC)OC(=O)CCCCCCC/C=C\C/C=C\CCC)OC(=O)CCCCCCC/C=C\CCCC. The van der Waals surface area contributed by atoms with Crippen molar-refractivity contribution >= 4 is 39.5 Å². The lowest BCUT2D eigenvalue weighted by atomic mass is 10.1. The Hall–Kier alpha value is -4.54. The Morgan fingerprint density at radius 3 is 0.880 bits per heavy atom. The summed E-state index contributed by atoms with van der Waals surface area (Å²) in [6, 6.07) is 0. The van der Waals surface area contributed by atoms with Gasteiger partial charge in [0.25, 0.3) is 0 Å². The maximum Gasteiger partial charge on any atom is 0.472 e. The molecule has 3 N–H and O–H groups in total. The number of ether oxygens (including phenoxy) is 4. The number of aliphatic hydroxyl groups excluding tert-OH is 1. The first kappa shape index (κ1) is 95.5. The van der Waals surface area contributed by atoms with E-state index in [1.165, 1.54) is 32.1 Å². The second kappa shape index (κ2) is 72.8. The molecule has 0 heterocycles. The lowest BCUT2D eigenvalue weighted by molar-refractivity contribution is -0.161. The van der Waals surface area contributed by atoms with Crippen LogP contribution in [0.2, 0.25) is 0 Å². The molecule has 19 heteroatoms. The van der Waals surface area contributed by atoms with E-state index in [1.807, 2.05) is 0 Å². The van der Waals surface area contributed by atoms with E-state index in [0.717, 1.165) is 199 Å². The number of esters is 4. The van der Waals surface area contributed by atoms with Crippen LogP contribution in [0.5, 0.6) is 0 Å². The monoisotopic (exact) mass is 1440 g/mol. The molecule has 0 aliphatic heterocycles. The van der Waals surface area contributed by atoms with Crippen LogP contribution in [0, 0.1) is 0 Å². The molecule has 574 valence electrons. The van der Waals surface area contributed by atoms with Crippen LogP contribution in [0.15, 0.2) is 122 Å². The molecule has 0 aliphatic carbocycles. The summed E-state index contributed by atoms with van der Waals surface area (Å²) in [4.78, 5) is 72.8. The Morgan fingerprint density at radius 2 is 0.550 bits per heavy atom. The number of hydrogen-bond acceptors (Lipinski definition) is 15. The third-order valence-corrected chi connectivity index (χ3v) is 17.8. The summed E-state index contributed by atoms with van der Waals surface area (Å²) in [6.07, 6.45) is 79.0. The predicted octanol–water partition coefficient (Wildman–Crippen LogP) is 22.3. The molecule has 0 spiro atoms. The van der Waals surface area contributed by atoms with Crippen LogP contribution < -0.4 is 0 Å². The number of allylic oxidation sites excluding steroid dienone is 20. The molecule has 5 atom stereocenters. The van der Waals surface area contributed by atoms with Crippen molar-refractivity contribution in [1.29, 1.82) is 0 Å². The van der Waals surface area contributed by atoms with Gasteiger partial charge in [0, 0.05) is 25.7 Å². The highest BCUT2D eigenvalue weighted by molar-refractivity contribution is 7.47. The Balaban J connectivity index is 5.34. The number of rotatable bonds is 72. The molecule has 5 unspecified atom stereocenters. The third kappa shape index (κ3) is 71.8. The Bertz CT molecular complexity index is 2370. The Labute approximate surface area is 606 Å². The van der Waals surface area contributed by atoms with E-state index in [9.17, 15) is 43.2 Å². The molecule has 17 nitrogen and oxygen atoms in total. The molecule has 0 amide bonds. The van der Waals surface area contributed by atoms with Crippen LogP contribution in [0.25, 0.3) is 0 Å². The van der Waals surface area contributed by atoms with Crippen molar-refractivity contribution in [2.24, 2.45) is 0 Å². The maximum atomic E-state index is 13.1. The van der Waals surface area contributed by atoms with Gasteiger partial charge in [0.05, 0.1) is 26.4 Å². The second-order valence-electron chi connectivity index (χ2n) is 25.6. The summed E-state index contributed by atoms with van der Waals surface area (Å²) < 4.78 is 68.4. The van der Waals surface area contributed by atoms with E-state index in [2.05, 4.69) is 149 Å². The fourth-order valence-electron chi connectivity index (χ4n) is 9.94. The minimum Gasteiger partial charge on any atom is -0.462 e. The number of aliphatic hydroxyl groups is 1. The first-order valence-electron chi connectivity index (χ1n) is 38.8. The Kier molecular flexibility index (Phi) is 69.5. The molecule has 0 aromatic carbocycles. The van der Waals surface area contributed by atoms with Gasteiger partial charge in [-0.2, -0.15) is 0 Å². The summed E-state index contributed by atoms with van der Waals surface area (Å²) in [7, 11) is -9.97. The molecular weight excluding hydrogens is 1310 g/mol. The molecule has 0 rings (SSSR count). The van der Waals surface area contributed by atoms with Gasteiger partial charge in [-0.05, 0) is 148 Å². The molecule has 0 aliphatic rings. The molecule has 0 bridgehead atoms. The van der Waals surface area contributed by atoms with Crippen molar-refractivity contribution < 1.29 is 80.2 Å². The van der Waals surface area contributed by atoms with E-state index in [-0.39, 0.29) is 25.7 Å². The summed E-state index contributed by atoms with van der Waals surface area (Å²) >= 11 is 0. The predicted molar refractivity (Wildman–Crippen MR) is 408 cm³/mol. The maximum absolute atomic E-state index is 13.1. The molecule has 0 aromatic heterocycles. The number of hydrogen-bond donors (Lipinski definition) is 3. The van der Waals surface area contributed by atoms with Gasteiger partial charge in [0.1, 0.15) is 19.3 Å². The van der Waals surface area contributed by atoms with E-state index < -0.39 is 97.5 Å². The van der Waals surface area contributed by atoms with Gasteiger partial charge in [-0.1, -0.05) is 258 Å². The summed E-state index contributed by atoms with van der Waals surface area (Å²) in [5, 5.41) is 10.6. The third-order valence-electron chi connectivity index (χ3n) is 15.9. The molecule has 0 aromatic rings.